The zero-order chi connectivity index (χ0) is 13.8. The van der Waals surface area contributed by atoms with Crippen LogP contribution in [0.25, 0.3) is 0 Å². The predicted molar refractivity (Wildman–Crippen MR) is 75.2 cm³/mol. The molecule has 0 aliphatic rings. The van der Waals surface area contributed by atoms with Crippen molar-refractivity contribution in [3.63, 3.8) is 0 Å². The van der Waals surface area contributed by atoms with Gasteiger partial charge in [0, 0.05) is 16.7 Å². The highest BCUT2D eigenvalue weighted by Gasteiger charge is 2.14. The Morgan fingerprint density at radius 3 is 2.63 bits per heavy atom. The summed E-state index contributed by atoms with van der Waals surface area (Å²) in [7, 11) is 0. The van der Waals surface area contributed by atoms with Crippen molar-refractivity contribution in [2.45, 2.75) is 17.1 Å². The van der Waals surface area contributed by atoms with Gasteiger partial charge < -0.3 is 5.73 Å². The van der Waals surface area contributed by atoms with Gasteiger partial charge in [0.25, 0.3) is 0 Å². The number of rotatable bonds is 4. The van der Waals surface area contributed by atoms with Crippen molar-refractivity contribution in [1.29, 1.82) is 0 Å². The van der Waals surface area contributed by atoms with Gasteiger partial charge in [-0.25, -0.2) is 8.78 Å². The van der Waals surface area contributed by atoms with Crippen LogP contribution in [0.4, 0.5) is 8.78 Å². The molecule has 2 aromatic rings. The minimum atomic E-state index is -0.441. The summed E-state index contributed by atoms with van der Waals surface area (Å²) in [6.07, 6.45) is 0. The number of benzene rings is 2. The summed E-state index contributed by atoms with van der Waals surface area (Å²) in [5.74, 6) is -0.860. The highest BCUT2D eigenvalue weighted by Crippen LogP contribution is 2.36. The average molecular weight is 279 g/mol. The maximum atomic E-state index is 13.6. The van der Waals surface area contributed by atoms with Crippen LogP contribution in [0.2, 0.25) is 0 Å². The molecule has 0 radical (unpaired) electrons. The lowest BCUT2D eigenvalue weighted by atomic mass is 10.1. The van der Waals surface area contributed by atoms with Gasteiger partial charge in [0.05, 0.1) is 0 Å². The fourth-order valence-electron chi connectivity index (χ4n) is 1.84. The lowest BCUT2D eigenvalue weighted by Gasteiger charge is -2.16. The van der Waals surface area contributed by atoms with Gasteiger partial charge in [-0.1, -0.05) is 29.8 Å². The predicted octanol–water partition coefficient (Wildman–Crippen LogP) is 4.07. The fraction of sp³-hybridized carbons (Fsp3) is 0.200. The van der Waals surface area contributed by atoms with Crippen LogP contribution in [0.15, 0.2) is 47.4 Å². The molecule has 1 atom stereocenters. The molecule has 0 saturated carbocycles. The Morgan fingerprint density at radius 1 is 1.16 bits per heavy atom. The lowest BCUT2D eigenvalue weighted by Crippen LogP contribution is -2.09. The molecule has 1 unspecified atom stereocenters. The first-order chi connectivity index (χ1) is 9.10. The number of nitrogens with two attached hydrogens (primary N) is 1. The number of halogens is 2. The Hall–Kier alpha value is -1.39. The minimum Gasteiger partial charge on any atom is -0.329 e. The van der Waals surface area contributed by atoms with Crippen molar-refractivity contribution in [3.05, 3.63) is 65.2 Å². The van der Waals surface area contributed by atoms with Gasteiger partial charge in [-0.3, -0.25) is 0 Å². The lowest BCUT2D eigenvalue weighted by molar-refractivity contribution is 0.576. The minimum absolute atomic E-state index is 0.0869. The fourth-order valence-corrected chi connectivity index (χ4v) is 2.89. The summed E-state index contributed by atoms with van der Waals surface area (Å²) < 4.78 is 26.8. The van der Waals surface area contributed by atoms with Crippen molar-refractivity contribution in [3.8, 4) is 0 Å². The van der Waals surface area contributed by atoms with E-state index in [9.17, 15) is 8.78 Å². The smallest absolute Gasteiger partial charge is 0.136 e. The monoisotopic (exact) mass is 279 g/mol. The van der Waals surface area contributed by atoms with E-state index in [2.05, 4.69) is 0 Å². The molecule has 1 nitrogen and oxygen atoms in total. The maximum Gasteiger partial charge on any atom is 0.136 e. The summed E-state index contributed by atoms with van der Waals surface area (Å²) >= 11 is 1.25. The van der Waals surface area contributed by atoms with E-state index in [4.69, 9.17) is 5.73 Å². The second-order valence-corrected chi connectivity index (χ2v) is 5.58. The van der Waals surface area contributed by atoms with Crippen molar-refractivity contribution >= 4 is 11.8 Å². The van der Waals surface area contributed by atoms with Gasteiger partial charge in [0.15, 0.2) is 0 Å². The van der Waals surface area contributed by atoms with Gasteiger partial charge in [0.1, 0.15) is 11.6 Å². The second kappa shape index (κ2) is 6.17. The van der Waals surface area contributed by atoms with Gasteiger partial charge in [-0.05, 0) is 30.7 Å². The Bertz CT molecular complexity index is 572. The molecule has 4 heteroatoms. The standard InChI is InChI=1S/C15H15F2NS/c1-10-3-2-4-11(7-10)15(9-18)19-14-8-12(16)5-6-13(14)17/h2-8,15H,9,18H2,1H3. The molecule has 0 spiro atoms. The summed E-state index contributed by atoms with van der Waals surface area (Å²) in [5.41, 5.74) is 7.90. The van der Waals surface area contributed by atoms with Crippen LogP contribution in [-0.2, 0) is 0 Å². The van der Waals surface area contributed by atoms with E-state index in [0.717, 1.165) is 23.3 Å². The molecule has 0 saturated heterocycles. The summed E-state index contributed by atoms with van der Waals surface area (Å²) in [4.78, 5) is 0.289. The van der Waals surface area contributed by atoms with Crippen LogP contribution in [-0.4, -0.2) is 6.54 Å². The van der Waals surface area contributed by atoms with Crippen LogP contribution < -0.4 is 5.73 Å². The molecule has 0 aliphatic carbocycles. The van der Waals surface area contributed by atoms with Gasteiger partial charge in [0.2, 0.25) is 0 Å². The number of hydrogen-bond acceptors (Lipinski definition) is 2. The average Bonchev–Trinajstić information content (AvgIpc) is 2.39. The first-order valence-electron chi connectivity index (χ1n) is 5.98. The van der Waals surface area contributed by atoms with Gasteiger partial charge in [-0.15, -0.1) is 11.8 Å². The summed E-state index contributed by atoms with van der Waals surface area (Å²) in [6.45, 7) is 2.36. The highest BCUT2D eigenvalue weighted by atomic mass is 32.2. The van der Waals surface area contributed by atoms with E-state index in [-0.39, 0.29) is 10.1 Å². The Labute approximate surface area is 115 Å². The van der Waals surface area contributed by atoms with E-state index in [0.29, 0.717) is 6.54 Å². The molecule has 0 aliphatic heterocycles. The molecular formula is C15H15F2NS. The zero-order valence-corrected chi connectivity index (χ0v) is 11.4. The number of hydrogen-bond donors (Lipinski definition) is 1. The van der Waals surface area contributed by atoms with E-state index < -0.39 is 11.6 Å². The van der Waals surface area contributed by atoms with Crippen molar-refractivity contribution < 1.29 is 8.78 Å². The first kappa shape index (κ1) is 14.0. The van der Waals surface area contributed by atoms with E-state index in [1.165, 1.54) is 17.8 Å². The van der Waals surface area contributed by atoms with E-state index in [1.807, 2.05) is 31.2 Å². The summed E-state index contributed by atoms with van der Waals surface area (Å²) in [6, 6.07) is 11.4. The molecule has 0 heterocycles. The first-order valence-corrected chi connectivity index (χ1v) is 6.86. The normalized spacial score (nSPS) is 12.4. The van der Waals surface area contributed by atoms with Crippen molar-refractivity contribution in [1.82, 2.24) is 0 Å². The van der Waals surface area contributed by atoms with Crippen molar-refractivity contribution in [2.75, 3.05) is 6.54 Å². The van der Waals surface area contributed by atoms with Crippen LogP contribution in [0.1, 0.15) is 16.4 Å². The zero-order valence-electron chi connectivity index (χ0n) is 10.6. The van der Waals surface area contributed by atoms with E-state index >= 15 is 0 Å². The maximum absolute atomic E-state index is 13.6. The number of aryl methyl sites for hydroxylation is 1. The Kier molecular flexibility index (Phi) is 4.56. The third kappa shape index (κ3) is 3.55. The quantitative estimate of drug-likeness (QED) is 0.854. The molecule has 2 aromatic carbocycles. The largest absolute Gasteiger partial charge is 0.329 e. The summed E-state index contributed by atoms with van der Waals surface area (Å²) in [5, 5.41) is -0.0869. The van der Waals surface area contributed by atoms with Crippen LogP contribution in [0.3, 0.4) is 0 Å². The Morgan fingerprint density at radius 2 is 1.95 bits per heavy atom. The molecule has 19 heavy (non-hydrogen) atoms. The molecule has 0 bridgehead atoms. The highest BCUT2D eigenvalue weighted by molar-refractivity contribution is 7.99. The van der Waals surface area contributed by atoms with Crippen molar-refractivity contribution in [2.24, 2.45) is 5.73 Å². The molecule has 2 rings (SSSR count). The van der Waals surface area contributed by atoms with Crippen LogP contribution in [0.5, 0.6) is 0 Å². The topological polar surface area (TPSA) is 26.0 Å². The third-order valence-electron chi connectivity index (χ3n) is 2.79. The third-order valence-corrected chi connectivity index (χ3v) is 4.11. The molecular weight excluding hydrogens is 264 g/mol. The van der Waals surface area contributed by atoms with Gasteiger partial charge >= 0.3 is 0 Å². The second-order valence-electron chi connectivity index (χ2n) is 4.33. The SMILES string of the molecule is Cc1cccc(C(CN)Sc2cc(F)ccc2F)c1. The molecule has 0 aromatic heterocycles. The van der Waals surface area contributed by atoms with E-state index in [1.54, 1.807) is 0 Å². The Balaban J connectivity index is 2.26. The molecule has 0 amide bonds. The molecule has 100 valence electrons. The van der Waals surface area contributed by atoms with Gasteiger partial charge in [-0.2, -0.15) is 0 Å². The number of thioether (sulfide) groups is 1. The molecule has 0 fully saturated rings. The van der Waals surface area contributed by atoms with Crippen LogP contribution in [0, 0.1) is 18.6 Å². The molecule has 2 N–H and O–H groups in total. The van der Waals surface area contributed by atoms with Crippen LogP contribution >= 0.6 is 11.8 Å².